The number of nitrogens with one attached hydrogen (secondary N) is 1. The number of fused-ring (bicyclic) bond motifs is 3. The number of carbonyl (C=O) groups is 2. The number of carbonyl (C=O) groups excluding carboxylic acids is 2. The number of nitrogens with two attached hydrogens (primary N) is 1. The molecule has 1 unspecified atom stereocenters. The SMILES string of the molecule is NC(=O)c1ccc2c(c1)CCC1CC(=O)NN=C21. The molecule has 0 saturated carbocycles. The van der Waals surface area contributed by atoms with Crippen LogP contribution in [0.25, 0.3) is 0 Å². The van der Waals surface area contributed by atoms with Gasteiger partial charge in [-0.1, -0.05) is 6.07 Å². The fourth-order valence-corrected chi connectivity index (χ4v) is 2.63. The molecule has 3 N–H and O–H groups in total. The van der Waals surface area contributed by atoms with Crippen LogP contribution in [0, 0.1) is 5.92 Å². The van der Waals surface area contributed by atoms with E-state index < -0.39 is 5.91 Å². The van der Waals surface area contributed by atoms with Gasteiger partial charge in [0.05, 0.1) is 5.71 Å². The molecule has 0 fully saturated rings. The zero-order valence-electron chi connectivity index (χ0n) is 9.77. The Kier molecular flexibility index (Phi) is 2.40. The summed E-state index contributed by atoms with van der Waals surface area (Å²) in [6.07, 6.45) is 2.24. The standard InChI is InChI=1S/C13H13N3O2/c14-13(18)9-3-4-10-7(5-9)1-2-8-6-11(17)15-16-12(8)10/h3-5,8H,1-2,6H2,(H2,14,18)(H,15,17). The molecule has 0 radical (unpaired) electrons. The maximum Gasteiger partial charge on any atom is 0.248 e. The number of nitrogens with zero attached hydrogens (tertiary/aromatic N) is 1. The highest BCUT2D eigenvalue weighted by Crippen LogP contribution is 2.30. The zero-order valence-corrected chi connectivity index (χ0v) is 9.77. The largest absolute Gasteiger partial charge is 0.366 e. The van der Waals surface area contributed by atoms with Crippen LogP contribution in [0.1, 0.15) is 34.3 Å². The number of primary amides is 1. The molecule has 1 aromatic rings. The Balaban J connectivity index is 2.05. The lowest BCUT2D eigenvalue weighted by molar-refractivity contribution is -0.122. The second kappa shape index (κ2) is 3.94. The summed E-state index contributed by atoms with van der Waals surface area (Å²) in [5, 5.41) is 4.15. The van der Waals surface area contributed by atoms with Gasteiger partial charge in [0.25, 0.3) is 0 Å². The molecule has 1 atom stereocenters. The Morgan fingerprint density at radius 2 is 2.28 bits per heavy atom. The summed E-state index contributed by atoms with van der Waals surface area (Å²) in [5.41, 5.74) is 11.3. The molecule has 0 aromatic heterocycles. The van der Waals surface area contributed by atoms with Crippen LogP contribution in [-0.2, 0) is 11.2 Å². The van der Waals surface area contributed by atoms with E-state index in [2.05, 4.69) is 10.5 Å². The summed E-state index contributed by atoms with van der Waals surface area (Å²) in [6, 6.07) is 5.41. The van der Waals surface area contributed by atoms with Gasteiger partial charge in [0.15, 0.2) is 0 Å². The minimum atomic E-state index is -0.418. The molecule has 2 aliphatic rings. The fraction of sp³-hybridized carbons (Fsp3) is 0.308. The fourth-order valence-electron chi connectivity index (χ4n) is 2.63. The molecule has 5 nitrogen and oxygen atoms in total. The van der Waals surface area contributed by atoms with Gasteiger partial charge in [-0.3, -0.25) is 9.59 Å². The minimum Gasteiger partial charge on any atom is -0.366 e. The smallest absolute Gasteiger partial charge is 0.248 e. The molecule has 1 aliphatic carbocycles. The van der Waals surface area contributed by atoms with Crippen molar-refractivity contribution in [1.82, 2.24) is 5.43 Å². The van der Waals surface area contributed by atoms with Crippen LogP contribution in [0.3, 0.4) is 0 Å². The van der Waals surface area contributed by atoms with Gasteiger partial charge in [0.1, 0.15) is 0 Å². The van der Waals surface area contributed by atoms with E-state index in [1.54, 1.807) is 6.07 Å². The van der Waals surface area contributed by atoms with Crippen LogP contribution in [0.4, 0.5) is 0 Å². The normalized spacial score (nSPS) is 21.4. The number of hydrogen-bond acceptors (Lipinski definition) is 3. The first-order chi connectivity index (χ1) is 8.65. The van der Waals surface area contributed by atoms with Crippen LogP contribution in [-0.4, -0.2) is 17.5 Å². The van der Waals surface area contributed by atoms with E-state index in [9.17, 15) is 9.59 Å². The number of rotatable bonds is 1. The average Bonchev–Trinajstić information content (AvgIpc) is 2.37. The molecule has 1 aromatic carbocycles. The lowest BCUT2D eigenvalue weighted by Gasteiger charge is -2.29. The van der Waals surface area contributed by atoms with E-state index in [1.165, 1.54) is 0 Å². The molecular formula is C13H13N3O2. The van der Waals surface area contributed by atoms with Crippen molar-refractivity contribution in [3.05, 3.63) is 34.9 Å². The van der Waals surface area contributed by atoms with Gasteiger partial charge in [0, 0.05) is 23.5 Å². The van der Waals surface area contributed by atoms with Gasteiger partial charge >= 0.3 is 0 Å². The lowest BCUT2D eigenvalue weighted by Crippen LogP contribution is -2.36. The molecule has 1 aliphatic heterocycles. The van der Waals surface area contributed by atoms with Gasteiger partial charge < -0.3 is 5.73 Å². The Bertz CT molecular complexity index is 578. The van der Waals surface area contributed by atoms with Gasteiger partial charge in [-0.05, 0) is 30.5 Å². The van der Waals surface area contributed by atoms with Crippen LogP contribution in [0.15, 0.2) is 23.3 Å². The van der Waals surface area contributed by atoms with E-state index in [0.29, 0.717) is 12.0 Å². The Hall–Kier alpha value is -2.17. The summed E-state index contributed by atoms with van der Waals surface area (Å²) >= 11 is 0. The second-order valence-electron chi connectivity index (χ2n) is 4.71. The number of benzene rings is 1. The molecule has 92 valence electrons. The summed E-state index contributed by atoms with van der Waals surface area (Å²) in [4.78, 5) is 22.4. The lowest BCUT2D eigenvalue weighted by atomic mass is 9.79. The highest BCUT2D eigenvalue weighted by atomic mass is 16.2. The van der Waals surface area contributed by atoms with Gasteiger partial charge in [-0.25, -0.2) is 5.43 Å². The highest BCUT2D eigenvalue weighted by molar-refractivity contribution is 6.08. The number of hydrogen-bond donors (Lipinski definition) is 2. The monoisotopic (exact) mass is 243 g/mol. The Morgan fingerprint density at radius 3 is 3.06 bits per heavy atom. The predicted octanol–water partition coefficient (Wildman–Crippen LogP) is 0.572. The van der Waals surface area contributed by atoms with Crippen molar-refractivity contribution in [3.8, 4) is 0 Å². The average molecular weight is 243 g/mol. The molecule has 0 saturated heterocycles. The minimum absolute atomic E-state index is 0.0269. The summed E-state index contributed by atoms with van der Waals surface area (Å²) < 4.78 is 0. The van der Waals surface area contributed by atoms with E-state index >= 15 is 0 Å². The van der Waals surface area contributed by atoms with Crippen LogP contribution >= 0.6 is 0 Å². The van der Waals surface area contributed by atoms with Crippen molar-refractivity contribution in [2.24, 2.45) is 16.8 Å². The van der Waals surface area contributed by atoms with Crippen LogP contribution in [0.2, 0.25) is 0 Å². The molecule has 0 bridgehead atoms. The zero-order chi connectivity index (χ0) is 12.7. The maximum atomic E-state index is 11.3. The molecule has 0 spiro atoms. The first kappa shape index (κ1) is 11.0. The second-order valence-corrected chi connectivity index (χ2v) is 4.71. The number of amides is 2. The molecule has 1 heterocycles. The maximum absolute atomic E-state index is 11.3. The molecule has 5 heteroatoms. The summed E-state index contributed by atoms with van der Waals surface area (Å²) in [5.74, 6) is -0.245. The van der Waals surface area contributed by atoms with E-state index in [0.717, 1.165) is 29.7 Å². The number of aryl methyl sites for hydroxylation is 1. The third-order valence-corrected chi connectivity index (χ3v) is 3.55. The highest BCUT2D eigenvalue weighted by Gasteiger charge is 2.30. The number of hydrazone groups is 1. The van der Waals surface area contributed by atoms with Crippen molar-refractivity contribution in [1.29, 1.82) is 0 Å². The van der Waals surface area contributed by atoms with E-state index in [4.69, 9.17) is 5.73 Å². The van der Waals surface area contributed by atoms with Crippen molar-refractivity contribution < 1.29 is 9.59 Å². The molecular weight excluding hydrogens is 230 g/mol. The van der Waals surface area contributed by atoms with Crippen molar-refractivity contribution >= 4 is 17.5 Å². The quantitative estimate of drug-likeness (QED) is 0.755. The first-order valence-electron chi connectivity index (χ1n) is 5.94. The Morgan fingerprint density at radius 1 is 1.44 bits per heavy atom. The van der Waals surface area contributed by atoms with E-state index in [1.807, 2.05) is 12.1 Å². The first-order valence-corrected chi connectivity index (χ1v) is 5.94. The third-order valence-electron chi connectivity index (χ3n) is 3.55. The predicted molar refractivity (Wildman–Crippen MR) is 66.1 cm³/mol. The summed E-state index contributed by atoms with van der Waals surface area (Å²) in [6.45, 7) is 0. The Labute approximate surface area is 104 Å². The van der Waals surface area contributed by atoms with Gasteiger partial charge in [-0.15, -0.1) is 0 Å². The summed E-state index contributed by atoms with van der Waals surface area (Å²) in [7, 11) is 0. The van der Waals surface area contributed by atoms with Gasteiger partial charge in [-0.2, -0.15) is 5.10 Å². The molecule has 3 rings (SSSR count). The van der Waals surface area contributed by atoms with Crippen molar-refractivity contribution in [2.45, 2.75) is 19.3 Å². The van der Waals surface area contributed by atoms with Crippen LogP contribution < -0.4 is 11.2 Å². The van der Waals surface area contributed by atoms with Crippen LogP contribution in [0.5, 0.6) is 0 Å². The van der Waals surface area contributed by atoms with Crippen molar-refractivity contribution in [3.63, 3.8) is 0 Å². The molecule has 2 amide bonds. The third kappa shape index (κ3) is 1.68. The van der Waals surface area contributed by atoms with E-state index in [-0.39, 0.29) is 11.8 Å². The topological polar surface area (TPSA) is 84.5 Å². The molecule has 18 heavy (non-hydrogen) atoms. The van der Waals surface area contributed by atoms with Gasteiger partial charge in [0.2, 0.25) is 11.8 Å². The van der Waals surface area contributed by atoms with Crippen molar-refractivity contribution in [2.75, 3.05) is 0 Å².